The summed E-state index contributed by atoms with van der Waals surface area (Å²) in [7, 11) is 1.40. The van der Waals surface area contributed by atoms with Crippen LogP contribution in [0.4, 0.5) is 24.7 Å². The van der Waals surface area contributed by atoms with Crippen LogP contribution in [0.5, 0.6) is 5.75 Å². The number of hydrogen-bond acceptors (Lipinski definition) is 5. The summed E-state index contributed by atoms with van der Waals surface area (Å²) in [5.41, 5.74) is 1.42. The van der Waals surface area contributed by atoms with Crippen LogP contribution in [-0.4, -0.2) is 50.0 Å². The number of carbonyl (C=O) groups is 1. The Bertz CT molecular complexity index is 892. The summed E-state index contributed by atoms with van der Waals surface area (Å²) < 4.78 is 46.3. The van der Waals surface area contributed by atoms with E-state index in [4.69, 9.17) is 4.74 Å². The molecule has 3 rings (SSSR count). The van der Waals surface area contributed by atoms with E-state index in [0.717, 1.165) is 16.2 Å². The highest BCUT2D eigenvalue weighted by atomic mass is 19.3. The highest BCUT2D eigenvalue weighted by Gasteiger charge is 2.28. The predicted molar refractivity (Wildman–Crippen MR) is 115 cm³/mol. The van der Waals surface area contributed by atoms with E-state index in [1.807, 2.05) is 36.1 Å². The molecule has 1 aromatic heterocycles. The molecule has 0 saturated carbocycles. The van der Waals surface area contributed by atoms with E-state index >= 15 is 0 Å². The fourth-order valence-corrected chi connectivity index (χ4v) is 3.89. The van der Waals surface area contributed by atoms with Crippen LogP contribution >= 0.6 is 0 Å². The van der Waals surface area contributed by atoms with E-state index in [0.29, 0.717) is 31.6 Å². The third-order valence-corrected chi connectivity index (χ3v) is 5.46. The second kappa shape index (κ2) is 10.0. The van der Waals surface area contributed by atoms with Crippen LogP contribution in [0.1, 0.15) is 38.2 Å². The van der Waals surface area contributed by atoms with Gasteiger partial charge in [0.1, 0.15) is 17.6 Å². The Balaban J connectivity index is 1.62. The lowest BCUT2D eigenvalue weighted by Crippen LogP contribution is -2.28. The molecule has 1 aliphatic rings. The molecule has 2 aromatic rings. The second-order valence-corrected chi connectivity index (χ2v) is 8.09. The van der Waals surface area contributed by atoms with E-state index in [1.54, 1.807) is 13.0 Å². The van der Waals surface area contributed by atoms with Crippen LogP contribution in [0.25, 0.3) is 0 Å². The highest BCUT2D eigenvalue weighted by Crippen LogP contribution is 2.30. The van der Waals surface area contributed by atoms with Crippen molar-refractivity contribution in [3.05, 3.63) is 47.9 Å². The molecule has 0 aliphatic carbocycles. The van der Waals surface area contributed by atoms with Crippen LogP contribution in [0.3, 0.4) is 0 Å². The van der Waals surface area contributed by atoms with Gasteiger partial charge >= 0.3 is 0 Å². The quantitative estimate of drug-likeness (QED) is 0.573. The number of Topliss-reactive ketones (excluding diaryl/α,β-unsaturated/α-hetero) is 1. The number of aromatic nitrogens is 1. The molecule has 0 radical (unpaired) electrons. The summed E-state index contributed by atoms with van der Waals surface area (Å²) in [6.07, 6.45) is -0.0345. The van der Waals surface area contributed by atoms with Gasteiger partial charge < -0.3 is 19.3 Å². The zero-order chi connectivity index (χ0) is 22.5. The fraction of sp³-hybridized carbons (Fsp3) is 0.478. The molecule has 0 unspecified atom stereocenters. The smallest absolute Gasteiger partial charge is 0.255 e. The number of ether oxygens (including phenoxy) is 1. The van der Waals surface area contributed by atoms with E-state index in [-0.39, 0.29) is 23.6 Å². The van der Waals surface area contributed by atoms with Crippen LogP contribution in [0, 0.1) is 5.82 Å². The molecular formula is C23H28F3N3O2. The molecule has 1 aliphatic heterocycles. The molecule has 1 saturated heterocycles. The van der Waals surface area contributed by atoms with E-state index in [9.17, 15) is 18.0 Å². The second-order valence-electron chi connectivity index (χ2n) is 8.09. The molecule has 2 atom stereocenters. The monoisotopic (exact) mass is 435 g/mol. The molecular weight excluding hydrogens is 407 g/mol. The number of hydrogen-bond donors (Lipinski definition) is 0. The summed E-state index contributed by atoms with van der Waals surface area (Å²) in [6.45, 7) is 4.10. The summed E-state index contributed by atoms with van der Waals surface area (Å²) >= 11 is 0. The molecule has 1 fully saturated rings. The maximum atomic E-state index is 14.9. The van der Waals surface area contributed by atoms with E-state index in [2.05, 4.69) is 4.98 Å². The van der Waals surface area contributed by atoms with Gasteiger partial charge in [-0.15, -0.1) is 0 Å². The normalized spacial score (nSPS) is 17.1. The first-order valence-electron chi connectivity index (χ1n) is 10.4. The molecule has 0 amide bonds. The lowest BCUT2D eigenvalue weighted by molar-refractivity contribution is -0.117. The maximum absolute atomic E-state index is 14.9. The molecule has 2 heterocycles. The molecule has 0 spiro atoms. The van der Waals surface area contributed by atoms with Crippen LogP contribution in [0.2, 0.25) is 0 Å². The SMILES string of the molecule is CC(=O)C[C@@H](C)c1ccc(O[C@@H]2CCN(c3ccnc(N(C)CC(F)F)c3F)C2)cc1. The average Bonchev–Trinajstić information content (AvgIpc) is 3.15. The maximum Gasteiger partial charge on any atom is 0.255 e. The van der Waals surface area contributed by atoms with Gasteiger partial charge in [-0.2, -0.15) is 0 Å². The predicted octanol–water partition coefficient (Wildman–Crippen LogP) is 4.66. The van der Waals surface area contributed by atoms with Gasteiger partial charge in [-0.3, -0.25) is 0 Å². The molecule has 31 heavy (non-hydrogen) atoms. The summed E-state index contributed by atoms with van der Waals surface area (Å²) in [5.74, 6) is 0.345. The lowest BCUT2D eigenvalue weighted by Gasteiger charge is -2.23. The van der Waals surface area contributed by atoms with Gasteiger partial charge in [-0.1, -0.05) is 19.1 Å². The third kappa shape index (κ3) is 5.89. The minimum atomic E-state index is -2.57. The molecule has 0 N–H and O–H groups in total. The molecule has 5 nitrogen and oxygen atoms in total. The van der Waals surface area contributed by atoms with Crippen LogP contribution < -0.4 is 14.5 Å². The summed E-state index contributed by atoms with van der Waals surface area (Å²) in [5, 5.41) is 0. The average molecular weight is 435 g/mol. The van der Waals surface area contributed by atoms with Crippen molar-refractivity contribution >= 4 is 17.3 Å². The first-order chi connectivity index (χ1) is 14.7. The van der Waals surface area contributed by atoms with E-state index < -0.39 is 18.8 Å². The Morgan fingerprint density at radius 3 is 2.65 bits per heavy atom. The van der Waals surface area contributed by atoms with Gasteiger partial charge in [-0.05, 0) is 36.6 Å². The number of alkyl halides is 2. The van der Waals surface area contributed by atoms with Crippen molar-refractivity contribution in [1.82, 2.24) is 4.98 Å². The Kier molecular flexibility index (Phi) is 7.41. The summed E-state index contributed by atoms with van der Waals surface area (Å²) in [4.78, 5) is 18.2. The standard InChI is InChI=1S/C23H28F3N3O2/c1-15(12-16(2)30)17-4-6-18(7-5-17)31-19-9-11-29(13-19)20-8-10-27-23(22(20)26)28(3)14-21(24)25/h4-8,10,15,19,21H,9,11-14H2,1-3H3/t15-,19-/m1/s1. The van der Waals surface area contributed by atoms with Crippen molar-refractivity contribution in [1.29, 1.82) is 0 Å². The Morgan fingerprint density at radius 1 is 1.29 bits per heavy atom. The number of nitrogens with zero attached hydrogens (tertiary/aromatic N) is 3. The van der Waals surface area contributed by atoms with Gasteiger partial charge in [-0.25, -0.2) is 18.2 Å². The zero-order valence-corrected chi connectivity index (χ0v) is 18.0. The number of halogens is 3. The van der Waals surface area contributed by atoms with Gasteiger partial charge in [0.25, 0.3) is 6.43 Å². The number of rotatable bonds is 9. The Morgan fingerprint density at radius 2 is 2.00 bits per heavy atom. The first-order valence-corrected chi connectivity index (χ1v) is 10.4. The number of carbonyl (C=O) groups excluding carboxylic acids is 1. The Hall–Kier alpha value is -2.77. The first kappa shape index (κ1) is 22.9. The largest absolute Gasteiger partial charge is 0.489 e. The van der Waals surface area contributed by atoms with Gasteiger partial charge in [0.15, 0.2) is 11.6 Å². The van der Waals surface area contributed by atoms with Crippen molar-refractivity contribution in [3.8, 4) is 5.75 Å². The van der Waals surface area contributed by atoms with Gasteiger partial charge in [0.2, 0.25) is 0 Å². The fourth-order valence-electron chi connectivity index (χ4n) is 3.89. The topological polar surface area (TPSA) is 45.7 Å². The van der Waals surface area contributed by atoms with Crippen molar-refractivity contribution in [2.24, 2.45) is 0 Å². The lowest BCUT2D eigenvalue weighted by atomic mass is 9.96. The van der Waals surface area contributed by atoms with Gasteiger partial charge in [0, 0.05) is 32.6 Å². The minimum absolute atomic E-state index is 0.0857. The highest BCUT2D eigenvalue weighted by molar-refractivity contribution is 5.76. The number of pyridine rings is 1. The molecule has 1 aromatic carbocycles. The molecule has 8 heteroatoms. The molecule has 168 valence electrons. The van der Waals surface area contributed by atoms with Gasteiger partial charge in [0.05, 0.1) is 18.8 Å². The minimum Gasteiger partial charge on any atom is -0.489 e. The zero-order valence-electron chi connectivity index (χ0n) is 18.0. The Labute approximate surface area is 180 Å². The van der Waals surface area contributed by atoms with Crippen molar-refractivity contribution in [2.45, 2.75) is 45.1 Å². The van der Waals surface area contributed by atoms with E-state index in [1.165, 1.54) is 13.2 Å². The summed E-state index contributed by atoms with van der Waals surface area (Å²) in [6, 6.07) is 9.26. The van der Waals surface area contributed by atoms with Crippen LogP contribution in [-0.2, 0) is 4.79 Å². The van der Waals surface area contributed by atoms with Crippen molar-refractivity contribution < 1.29 is 22.7 Å². The third-order valence-electron chi connectivity index (χ3n) is 5.46. The number of benzene rings is 1. The van der Waals surface area contributed by atoms with Crippen molar-refractivity contribution in [2.75, 3.05) is 36.5 Å². The molecule has 0 bridgehead atoms. The van der Waals surface area contributed by atoms with Crippen molar-refractivity contribution in [3.63, 3.8) is 0 Å². The number of anilines is 2. The van der Waals surface area contributed by atoms with Crippen LogP contribution in [0.15, 0.2) is 36.5 Å². The number of ketones is 1.